The third-order valence-corrected chi connectivity index (χ3v) is 6.89. The van der Waals surface area contributed by atoms with Gasteiger partial charge in [-0.1, -0.05) is 25.1 Å². The van der Waals surface area contributed by atoms with E-state index in [1.54, 1.807) is 11.0 Å². The van der Waals surface area contributed by atoms with E-state index in [2.05, 4.69) is 15.6 Å². The van der Waals surface area contributed by atoms with Crippen molar-refractivity contribution >= 4 is 40.2 Å². The molecule has 35 heavy (non-hydrogen) atoms. The van der Waals surface area contributed by atoms with E-state index in [4.69, 9.17) is 10.2 Å². The van der Waals surface area contributed by atoms with Crippen LogP contribution in [0.4, 0.5) is 4.79 Å². The number of nitrogens with one attached hydrogen (secondary N) is 2. The lowest BCUT2D eigenvalue weighted by atomic mass is 9.95. The van der Waals surface area contributed by atoms with Crippen molar-refractivity contribution in [2.45, 2.75) is 25.4 Å². The minimum Gasteiger partial charge on any atom is -0.458 e. The van der Waals surface area contributed by atoms with E-state index in [1.807, 2.05) is 49.4 Å². The van der Waals surface area contributed by atoms with Crippen LogP contribution in [0.3, 0.4) is 0 Å². The molecule has 4 amide bonds. The predicted molar refractivity (Wildman–Crippen MR) is 130 cm³/mol. The largest absolute Gasteiger partial charge is 0.458 e. The number of hydrogen-bond acceptors (Lipinski definition) is 6. The molecule has 3 aromatic rings. The summed E-state index contributed by atoms with van der Waals surface area (Å²) < 4.78 is 6.09. The normalized spacial score (nSPS) is 21.3. The van der Waals surface area contributed by atoms with E-state index in [-0.39, 0.29) is 18.2 Å². The van der Waals surface area contributed by atoms with Crippen LogP contribution in [0.15, 0.2) is 58.0 Å². The molecule has 4 N–H and O–H groups in total. The maximum absolute atomic E-state index is 13.2. The van der Waals surface area contributed by atoms with E-state index in [0.29, 0.717) is 30.1 Å². The number of nitrogens with two attached hydrogens (primary N) is 1. The highest BCUT2D eigenvalue weighted by Crippen LogP contribution is 2.35. The van der Waals surface area contributed by atoms with Crippen LogP contribution in [-0.4, -0.2) is 41.7 Å². The number of benzene rings is 2. The summed E-state index contributed by atoms with van der Waals surface area (Å²) in [6.07, 6.45) is 2.65. The minimum atomic E-state index is -1.54. The van der Waals surface area contributed by atoms with Crippen LogP contribution in [0.5, 0.6) is 0 Å². The molecule has 0 bridgehead atoms. The molecule has 2 aromatic carbocycles. The maximum Gasteiger partial charge on any atom is 0.322 e. The summed E-state index contributed by atoms with van der Waals surface area (Å²) in [5, 5.41) is 5.81. The average molecular weight is 470 g/mol. The van der Waals surface area contributed by atoms with Crippen LogP contribution in [0, 0.1) is 0 Å². The van der Waals surface area contributed by atoms with Gasteiger partial charge in [-0.2, -0.15) is 0 Å². The van der Waals surface area contributed by atoms with Crippen LogP contribution in [0.2, 0.25) is 0 Å². The van der Waals surface area contributed by atoms with Crippen molar-refractivity contribution in [2.75, 3.05) is 13.1 Å². The fourth-order valence-corrected chi connectivity index (χ4v) is 4.97. The molecule has 1 fully saturated rings. The molecule has 1 aromatic heterocycles. The Morgan fingerprint density at radius 1 is 1.14 bits per heavy atom. The highest BCUT2D eigenvalue weighted by molar-refractivity contribution is 6.08. The molecule has 6 rings (SSSR count). The van der Waals surface area contributed by atoms with Crippen molar-refractivity contribution in [3.63, 3.8) is 0 Å². The van der Waals surface area contributed by atoms with Crippen molar-refractivity contribution in [1.29, 1.82) is 0 Å². The quantitative estimate of drug-likeness (QED) is 0.494. The van der Waals surface area contributed by atoms with Gasteiger partial charge < -0.3 is 20.4 Å². The van der Waals surface area contributed by atoms with Gasteiger partial charge in [-0.05, 0) is 59.0 Å². The zero-order valence-electron chi connectivity index (χ0n) is 19.1. The minimum absolute atomic E-state index is 0.0538. The Bertz CT molecular complexity index is 1500. The molecular formula is C26H23N5O4. The van der Waals surface area contributed by atoms with Gasteiger partial charge in [0.05, 0.1) is 13.1 Å². The molecule has 0 radical (unpaired) electrons. The van der Waals surface area contributed by atoms with Crippen LogP contribution in [0.25, 0.3) is 16.5 Å². The number of furan rings is 1. The van der Waals surface area contributed by atoms with Crippen LogP contribution in [-0.2, 0) is 23.3 Å². The molecule has 9 heteroatoms. The lowest BCUT2D eigenvalue weighted by Crippen LogP contribution is -2.52. The molecule has 3 aliphatic heterocycles. The molecule has 3 aliphatic rings. The van der Waals surface area contributed by atoms with E-state index in [1.165, 1.54) is 0 Å². The van der Waals surface area contributed by atoms with Crippen molar-refractivity contribution in [2.24, 2.45) is 10.7 Å². The van der Waals surface area contributed by atoms with Gasteiger partial charge in [0, 0.05) is 17.5 Å². The smallest absolute Gasteiger partial charge is 0.322 e. The first-order chi connectivity index (χ1) is 16.9. The van der Waals surface area contributed by atoms with Gasteiger partial charge >= 0.3 is 6.03 Å². The SMILES string of the molecule is CCc1ccc2c(c1)C(=O)N(C[C@@]1(c3cc4cc(C5=CC(N)=NC5)ccc4o3)NC(=O)NC1=O)C2. The zero-order valence-corrected chi connectivity index (χ0v) is 19.1. The van der Waals surface area contributed by atoms with E-state index < -0.39 is 17.5 Å². The summed E-state index contributed by atoms with van der Waals surface area (Å²) in [6.45, 7) is 2.83. The standard InChI is InChI=1S/C26H23N5O4/c1-2-14-3-4-16-12-31(23(32)19(16)7-14)13-26(24(33)29-25(34)30-26)21-9-17-8-15(5-6-20(17)35-21)18-10-22(27)28-11-18/h3-10H,2,11-13H2,1H3,(H2,27,28)(H2,29,30,33,34)/t26-/m0/s1. The number of amides is 4. The van der Waals surface area contributed by atoms with Crippen molar-refractivity contribution < 1.29 is 18.8 Å². The third kappa shape index (κ3) is 3.30. The second kappa shape index (κ2) is 7.56. The highest BCUT2D eigenvalue weighted by Gasteiger charge is 2.53. The second-order valence-corrected chi connectivity index (χ2v) is 9.09. The second-order valence-electron chi connectivity index (χ2n) is 9.09. The number of amidine groups is 1. The van der Waals surface area contributed by atoms with E-state index >= 15 is 0 Å². The van der Waals surface area contributed by atoms with Crippen molar-refractivity contribution in [3.05, 3.63) is 76.6 Å². The number of aryl methyl sites for hydroxylation is 1. The number of nitrogens with zero attached hydrogens (tertiary/aromatic N) is 2. The fraction of sp³-hybridized carbons (Fsp3) is 0.231. The molecular weight excluding hydrogens is 446 g/mol. The molecule has 0 saturated carbocycles. The zero-order chi connectivity index (χ0) is 24.3. The lowest BCUT2D eigenvalue weighted by molar-refractivity contribution is -0.125. The maximum atomic E-state index is 13.2. The van der Waals surface area contributed by atoms with Crippen molar-refractivity contribution in [1.82, 2.24) is 15.5 Å². The highest BCUT2D eigenvalue weighted by atomic mass is 16.3. The third-order valence-electron chi connectivity index (χ3n) is 6.89. The Morgan fingerprint density at radius 2 is 2.00 bits per heavy atom. The molecule has 1 saturated heterocycles. The number of imide groups is 1. The van der Waals surface area contributed by atoms with Crippen LogP contribution in [0.1, 0.15) is 39.7 Å². The number of fused-ring (bicyclic) bond motifs is 2. The number of hydrogen-bond donors (Lipinski definition) is 3. The lowest BCUT2D eigenvalue weighted by Gasteiger charge is -2.29. The number of rotatable bonds is 5. The molecule has 4 heterocycles. The van der Waals surface area contributed by atoms with Gasteiger partial charge in [0.2, 0.25) is 0 Å². The monoisotopic (exact) mass is 469 g/mol. The van der Waals surface area contributed by atoms with E-state index in [0.717, 1.165) is 34.1 Å². The molecule has 0 unspecified atom stereocenters. The van der Waals surface area contributed by atoms with Gasteiger partial charge in [0.25, 0.3) is 11.8 Å². The summed E-state index contributed by atoms with van der Waals surface area (Å²) in [5.41, 5.74) is 9.33. The summed E-state index contributed by atoms with van der Waals surface area (Å²) >= 11 is 0. The van der Waals surface area contributed by atoms with E-state index in [9.17, 15) is 14.4 Å². The Labute approximate surface area is 200 Å². The van der Waals surface area contributed by atoms with Crippen LogP contribution < -0.4 is 16.4 Å². The number of carbonyl (C=O) groups is 3. The average Bonchev–Trinajstić information content (AvgIpc) is 3.60. The van der Waals surface area contributed by atoms with Gasteiger partial charge in [0.1, 0.15) is 17.2 Å². The molecule has 9 nitrogen and oxygen atoms in total. The van der Waals surface area contributed by atoms with Crippen LogP contribution >= 0.6 is 0 Å². The predicted octanol–water partition coefficient (Wildman–Crippen LogP) is 2.44. The summed E-state index contributed by atoms with van der Waals surface area (Å²) in [4.78, 5) is 44.4. The first-order valence-electron chi connectivity index (χ1n) is 11.5. The molecule has 176 valence electrons. The molecule has 1 atom stereocenters. The number of carbonyl (C=O) groups excluding carboxylic acids is 3. The van der Waals surface area contributed by atoms with Crippen molar-refractivity contribution in [3.8, 4) is 0 Å². The Kier molecular flexibility index (Phi) is 4.57. The Balaban J connectivity index is 1.37. The summed E-state index contributed by atoms with van der Waals surface area (Å²) in [5.74, 6) is 0.0222. The molecule has 0 spiro atoms. The molecule has 0 aliphatic carbocycles. The van der Waals surface area contributed by atoms with Gasteiger partial charge in [-0.15, -0.1) is 0 Å². The summed E-state index contributed by atoms with van der Waals surface area (Å²) in [7, 11) is 0. The first-order valence-corrected chi connectivity index (χ1v) is 11.5. The first kappa shape index (κ1) is 21.2. The van der Waals surface area contributed by atoms with Gasteiger partial charge in [-0.3, -0.25) is 19.9 Å². The topological polar surface area (TPSA) is 130 Å². The summed E-state index contributed by atoms with van der Waals surface area (Å²) in [6, 6.07) is 12.6. The number of aliphatic imine (C=N–C) groups is 1. The Hall–Kier alpha value is -4.40. The fourth-order valence-electron chi connectivity index (χ4n) is 4.97. The van der Waals surface area contributed by atoms with Gasteiger partial charge in [0.15, 0.2) is 5.54 Å². The number of urea groups is 1. The Morgan fingerprint density at radius 3 is 2.71 bits per heavy atom. The van der Waals surface area contributed by atoms with Gasteiger partial charge in [-0.25, -0.2) is 4.79 Å².